The number of halogens is 2. The van der Waals surface area contributed by atoms with Gasteiger partial charge in [0.25, 0.3) is 0 Å². The van der Waals surface area contributed by atoms with Crippen molar-refractivity contribution in [1.29, 1.82) is 5.26 Å². The molecule has 1 aromatic carbocycles. The Morgan fingerprint density at radius 3 is 2.75 bits per heavy atom. The minimum Gasteiger partial charge on any atom is -0.192 e. The highest BCUT2D eigenvalue weighted by Crippen LogP contribution is 2.20. The quantitative estimate of drug-likeness (QED) is 0.570. The molecule has 0 radical (unpaired) electrons. The Hall–Kier alpha value is -0.0800. The molecule has 0 unspecified atom stereocenters. The predicted octanol–water partition coefficient (Wildman–Crippen LogP) is 3.37. The highest BCUT2D eigenvalue weighted by Gasteiger charge is 2.05. The third-order valence-corrected chi connectivity index (χ3v) is 3.03. The number of rotatable bonds is 1. The minimum absolute atomic E-state index is 0.744. The molecule has 0 aliphatic carbocycles. The van der Waals surface area contributed by atoms with Gasteiger partial charge in [0.2, 0.25) is 0 Å². The summed E-state index contributed by atoms with van der Waals surface area (Å²) in [7, 11) is 0. The maximum atomic E-state index is 8.85. The van der Waals surface area contributed by atoms with Gasteiger partial charge in [0.05, 0.1) is 5.56 Å². The van der Waals surface area contributed by atoms with Crippen molar-refractivity contribution < 1.29 is 0 Å². The summed E-state index contributed by atoms with van der Waals surface area (Å²) >= 11 is 5.55. The van der Waals surface area contributed by atoms with Gasteiger partial charge >= 0.3 is 0 Å². The molecule has 1 aromatic rings. The summed E-state index contributed by atoms with van der Waals surface area (Å²) in [5.41, 5.74) is 3.06. The molecule has 0 saturated heterocycles. The molecule has 3 heteroatoms. The number of hydrogen-bond donors (Lipinski definition) is 0. The topological polar surface area (TPSA) is 23.8 Å². The van der Waals surface area contributed by atoms with Crippen LogP contribution in [0.5, 0.6) is 0 Å². The molecule has 12 heavy (non-hydrogen) atoms. The lowest BCUT2D eigenvalue weighted by molar-refractivity contribution is 1.31. The lowest BCUT2D eigenvalue weighted by Gasteiger charge is -2.03. The third-order valence-electron chi connectivity index (χ3n) is 1.57. The van der Waals surface area contributed by atoms with E-state index in [0.717, 1.165) is 20.0 Å². The van der Waals surface area contributed by atoms with Crippen molar-refractivity contribution >= 4 is 38.5 Å². The smallest absolute Gasteiger partial charge is 0.101 e. The summed E-state index contributed by atoms with van der Waals surface area (Å²) in [5, 5.41) is 9.59. The zero-order chi connectivity index (χ0) is 9.14. The molecule has 0 spiro atoms. The zero-order valence-corrected chi connectivity index (χ0v) is 10.3. The van der Waals surface area contributed by atoms with Crippen LogP contribution < -0.4 is 0 Å². The van der Waals surface area contributed by atoms with Crippen molar-refractivity contribution in [3.63, 3.8) is 0 Å². The second-order valence-corrected chi connectivity index (χ2v) is 4.25. The van der Waals surface area contributed by atoms with Crippen LogP contribution in [0.4, 0.5) is 0 Å². The van der Waals surface area contributed by atoms with E-state index in [1.54, 1.807) is 0 Å². The fraction of sp³-hybridized carbons (Fsp3) is 0.222. The first kappa shape index (κ1) is 10.0. The maximum absolute atomic E-state index is 8.85. The molecule has 1 nitrogen and oxygen atoms in total. The van der Waals surface area contributed by atoms with E-state index >= 15 is 0 Å². The molecular weight excluding hydrogens is 329 g/mol. The number of hydrogen-bond acceptors (Lipinski definition) is 1. The van der Waals surface area contributed by atoms with Gasteiger partial charge in [0, 0.05) is 8.90 Å². The van der Waals surface area contributed by atoms with Crippen LogP contribution in [0, 0.1) is 21.8 Å². The first-order valence-corrected chi connectivity index (χ1v) is 5.64. The summed E-state index contributed by atoms with van der Waals surface area (Å²) in [6, 6.07) is 6.26. The summed E-state index contributed by atoms with van der Waals surface area (Å²) in [6.07, 6.45) is 0. The van der Waals surface area contributed by atoms with Crippen molar-refractivity contribution in [2.45, 2.75) is 12.3 Å². The average Bonchev–Trinajstić information content (AvgIpc) is 2.03. The SMILES string of the molecule is Cc1cc(I)c(C#N)c(CBr)c1. The largest absolute Gasteiger partial charge is 0.192 e. The molecule has 0 N–H and O–H groups in total. The third kappa shape index (κ3) is 1.99. The number of aryl methyl sites for hydroxylation is 1. The lowest BCUT2D eigenvalue weighted by Crippen LogP contribution is -1.91. The highest BCUT2D eigenvalue weighted by molar-refractivity contribution is 14.1. The average molecular weight is 336 g/mol. The Morgan fingerprint density at radius 2 is 2.25 bits per heavy atom. The van der Waals surface area contributed by atoms with Gasteiger partial charge in [0.15, 0.2) is 0 Å². The van der Waals surface area contributed by atoms with E-state index in [-0.39, 0.29) is 0 Å². The highest BCUT2D eigenvalue weighted by atomic mass is 127. The predicted molar refractivity (Wildman–Crippen MR) is 61.2 cm³/mol. The van der Waals surface area contributed by atoms with Crippen LogP contribution in [-0.2, 0) is 5.33 Å². The molecule has 0 aromatic heterocycles. The Bertz CT molecular complexity index is 341. The van der Waals surface area contributed by atoms with Crippen LogP contribution in [0.2, 0.25) is 0 Å². The van der Waals surface area contributed by atoms with E-state index in [1.165, 1.54) is 5.56 Å². The molecule has 0 fully saturated rings. The van der Waals surface area contributed by atoms with Crippen molar-refractivity contribution in [3.8, 4) is 6.07 Å². The minimum atomic E-state index is 0.744. The van der Waals surface area contributed by atoms with E-state index in [0.29, 0.717) is 0 Å². The molecule has 0 bridgehead atoms. The van der Waals surface area contributed by atoms with Crippen LogP contribution in [0.3, 0.4) is 0 Å². The molecule has 0 amide bonds. The van der Waals surface area contributed by atoms with Gasteiger partial charge in [-0.15, -0.1) is 0 Å². The molecule has 0 saturated carbocycles. The summed E-state index contributed by atoms with van der Waals surface area (Å²) < 4.78 is 1.03. The summed E-state index contributed by atoms with van der Waals surface area (Å²) in [4.78, 5) is 0. The number of nitrogens with zero attached hydrogens (tertiary/aromatic N) is 1. The Kier molecular flexibility index (Phi) is 3.53. The molecular formula is C9H7BrIN. The Balaban J connectivity index is 3.36. The van der Waals surface area contributed by atoms with E-state index in [9.17, 15) is 0 Å². The van der Waals surface area contributed by atoms with Crippen molar-refractivity contribution in [2.24, 2.45) is 0 Å². The zero-order valence-electron chi connectivity index (χ0n) is 6.56. The second kappa shape index (κ2) is 4.24. The van der Waals surface area contributed by atoms with Gasteiger partial charge in [-0.05, 0) is 46.7 Å². The molecule has 0 heterocycles. The van der Waals surface area contributed by atoms with Gasteiger partial charge in [-0.2, -0.15) is 5.26 Å². The maximum Gasteiger partial charge on any atom is 0.101 e. The molecule has 0 aliphatic heterocycles. The number of alkyl halides is 1. The summed E-state index contributed by atoms with van der Waals surface area (Å²) in [5.74, 6) is 0. The fourth-order valence-electron chi connectivity index (χ4n) is 1.04. The van der Waals surface area contributed by atoms with Gasteiger partial charge in [-0.25, -0.2) is 0 Å². The Labute approximate surface area is 94.0 Å². The van der Waals surface area contributed by atoms with E-state index in [4.69, 9.17) is 5.26 Å². The van der Waals surface area contributed by atoms with E-state index < -0.39 is 0 Å². The van der Waals surface area contributed by atoms with Crippen molar-refractivity contribution in [3.05, 3.63) is 32.4 Å². The molecule has 0 atom stereocenters. The lowest BCUT2D eigenvalue weighted by atomic mass is 10.1. The van der Waals surface area contributed by atoms with Crippen molar-refractivity contribution in [1.82, 2.24) is 0 Å². The molecule has 0 aliphatic rings. The van der Waals surface area contributed by atoms with E-state index in [1.807, 2.05) is 19.1 Å². The van der Waals surface area contributed by atoms with Gasteiger partial charge in [-0.1, -0.05) is 22.0 Å². The normalized spacial score (nSPS) is 9.50. The van der Waals surface area contributed by atoms with Gasteiger partial charge < -0.3 is 0 Å². The molecule has 62 valence electrons. The molecule has 1 rings (SSSR count). The second-order valence-electron chi connectivity index (χ2n) is 2.53. The van der Waals surface area contributed by atoms with Crippen LogP contribution in [0.25, 0.3) is 0 Å². The number of benzene rings is 1. The fourth-order valence-corrected chi connectivity index (χ4v) is 2.45. The van der Waals surface area contributed by atoms with Crippen molar-refractivity contribution in [2.75, 3.05) is 0 Å². The van der Waals surface area contributed by atoms with E-state index in [2.05, 4.69) is 44.6 Å². The Morgan fingerprint density at radius 1 is 1.58 bits per heavy atom. The van der Waals surface area contributed by atoms with Crippen LogP contribution in [-0.4, -0.2) is 0 Å². The van der Waals surface area contributed by atoms with Gasteiger partial charge in [-0.3, -0.25) is 0 Å². The summed E-state index contributed by atoms with van der Waals surface area (Å²) in [6.45, 7) is 2.04. The van der Waals surface area contributed by atoms with Crippen LogP contribution >= 0.6 is 38.5 Å². The monoisotopic (exact) mass is 335 g/mol. The number of nitriles is 1. The van der Waals surface area contributed by atoms with Crippen LogP contribution in [0.15, 0.2) is 12.1 Å². The first-order chi connectivity index (χ1) is 5.69. The standard InChI is InChI=1S/C9H7BrIN/c1-6-2-7(4-10)8(5-12)9(11)3-6/h2-3H,4H2,1H3. The van der Waals surface area contributed by atoms with Crippen LogP contribution in [0.1, 0.15) is 16.7 Å². The first-order valence-electron chi connectivity index (χ1n) is 3.44. The van der Waals surface area contributed by atoms with Gasteiger partial charge in [0.1, 0.15) is 6.07 Å².